The predicted octanol–water partition coefficient (Wildman–Crippen LogP) is 0.497. The molecule has 0 bridgehead atoms. The van der Waals surface area contributed by atoms with Crippen LogP contribution in [-0.2, 0) is 19.1 Å². The zero-order chi connectivity index (χ0) is 10.4. The van der Waals surface area contributed by atoms with E-state index in [4.69, 9.17) is 5.11 Å². The first-order chi connectivity index (χ1) is 5.93. The molecular weight excluding hydrogens is 176 g/mol. The topological polar surface area (TPSA) is 80.7 Å². The second kappa shape index (κ2) is 5.08. The Balaban J connectivity index is 3.82. The van der Waals surface area contributed by atoms with Crippen LogP contribution in [-0.4, -0.2) is 23.0 Å². The van der Waals surface area contributed by atoms with Crippen molar-refractivity contribution < 1.29 is 24.2 Å². The zero-order valence-electron chi connectivity index (χ0n) is 7.20. The molecular formula is C8H10O5. The van der Waals surface area contributed by atoms with E-state index < -0.39 is 17.9 Å². The summed E-state index contributed by atoms with van der Waals surface area (Å²) in [7, 11) is 0. The maximum Gasteiger partial charge on any atom is 0.340 e. The van der Waals surface area contributed by atoms with Crippen LogP contribution in [0.3, 0.4) is 0 Å². The van der Waals surface area contributed by atoms with Crippen LogP contribution in [0.4, 0.5) is 0 Å². The summed E-state index contributed by atoms with van der Waals surface area (Å²) in [4.78, 5) is 31.4. The molecule has 0 unspecified atom stereocenters. The van der Waals surface area contributed by atoms with E-state index in [0.717, 1.165) is 0 Å². The highest BCUT2D eigenvalue weighted by molar-refractivity contribution is 5.95. The molecule has 1 N–H and O–H groups in total. The lowest BCUT2D eigenvalue weighted by Crippen LogP contribution is -2.13. The molecule has 0 aliphatic rings. The summed E-state index contributed by atoms with van der Waals surface area (Å²) in [5.41, 5.74) is 0.101. The van der Waals surface area contributed by atoms with Crippen molar-refractivity contribution in [2.75, 3.05) is 0 Å². The summed E-state index contributed by atoms with van der Waals surface area (Å²) in [6, 6.07) is 0. The summed E-state index contributed by atoms with van der Waals surface area (Å²) < 4.78 is 4.22. The number of aliphatic carboxylic acids is 1. The Morgan fingerprint density at radius 3 is 2.23 bits per heavy atom. The van der Waals surface area contributed by atoms with Crippen molar-refractivity contribution in [3.63, 3.8) is 0 Å². The van der Waals surface area contributed by atoms with Crippen molar-refractivity contribution in [2.45, 2.75) is 19.8 Å². The van der Waals surface area contributed by atoms with Crippen LogP contribution in [0.1, 0.15) is 19.8 Å². The van der Waals surface area contributed by atoms with Gasteiger partial charge in [0.25, 0.3) is 0 Å². The van der Waals surface area contributed by atoms with Gasteiger partial charge in [-0.25, -0.2) is 4.79 Å². The highest BCUT2D eigenvalue weighted by Crippen LogP contribution is 1.97. The highest BCUT2D eigenvalue weighted by atomic mass is 16.6. The Kier molecular flexibility index (Phi) is 4.43. The van der Waals surface area contributed by atoms with Gasteiger partial charge in [-0.15, -0.1) is 0 Å². The highest BCUT2D eigenvalue weighted by Gasteiger charge is 2.11. The van der Waals surface area contributed by atoms with Gasteiger partial charge in [-0.2, -0.15) is 0 Å². The van der Waals surface area contributed by atoms with Gasteiger partial charge < -0.3 is 9.84 Å². The molecule has 0 saturated carbocycles. The summed E-state index contributed by atoms with van der Waals surface area (Å²) in [6.45, 7) is 4.66. The summed E-state index contributed by atoms with van der Waals surface area (Å²) in [5.74, 6) is -2.79. The molecule has 0 fully saturated rings. The van der Waals surface area contributed by atoms with Crippen molar-refractivity contribution >= 4 is 17.9 Å². The van der Waals surface area contributed by atoms with Crippen LogP contribution in [0, 0.1) is 0 Å². The lowest BCUT2D eigenvalue weighted by atomic mass is 10.3. The Morgan fingerprint density at radius 2 is 1.85 bits per heavy atom. The molecule has 0 aliphatic carbocycles. The molecule has 0 saturated heterocycles. The maximum absolute atomic E-state index is 10.7. The predicted molar refractivity (Wildman–Crippen MR) is 42.8 cm³/mol. The van der Waals surface area contributed by atoms with Crippen molar-refractivity contribution in [2.24, 2.45) is 0 Å². The monoisotopic (exact) mass is 186 g/mol. The number of esters is 2. The average Bonchev–Trinajstić information content (AvgIpc) is 2.00. The van der Waals surface area contributed by atoms with Crippen LogP contribution in [0.5, 0.6) is 0 Å². The Morgan fingerprint density at radius 1 is 1.31 bits per heavy atom. The molecule has 0 heterocycles. The van der Waals surface area contributed by atoms with Crippen LogP contribution in [0.25, 0.3) is 0 Å². The molecule has 0 aliphatic heterocycles. The van der Waals surface area contributed by atoms with E-state index in [-0.39, 0.29) is 18.4 Å². The number of carboxylic acid groups (broad SMARTS) is 1. The summed E-state index contributed by atoms with van der Waals surface area (Å²) in [5, 5.41) is 8.20. The van der Waals surface area contributed by atoms with Gasteiger partial charge in [0.1, 0.15) is 0 Å². The van der Waals surface area contributed by atoms with Gasteiger partial charge in [-0.05, 0) is 6.92 Å². The molecule has 0 spiro atoms. The van der Waals surface area contributed by atoms with Crippen LogP contribution < -0.4 is 0 Å². The number of hydrogen-bond acceptors (Lipinski definition) is 4. The fourth-order valence-electron chi connectivity index (χ4n) is 0.451. The first-order valence-electron chi connectivity index (χ1n) is 3.55. The van der Waals surface area contributed by atoms with E-state index in [1.54, 1.807) is 0 Å². The van der Waals surface area contributed by atoms with E-state index in [0.29, 0.717) is 0 Å². The third-order valence-corrected chi connectivity index (χ3v) is 1.10. The van der Waals surface area contributed by atoms with E-state index in [9.17, 15) is 14.4 Å². The number of rotatable bonds is 4. The number of hydrogen-bond donors (Lipinski definition) is 1. The largest absolute Gasteiger partial charge is 0.481 e. The molecule has 0 aromatic rings. The number of carbonyl (C=O) groups is 3. The van der Waals surface area contributed by atoms with Crippen LogP contribution in [0.2, 0.25) is 0 Å². The Bertz CT molecular complexity index is 253. The first-order valence-corrected chi connectivity index (χ1v) is 3.55. The van der Waals surface area contributed by atoms with Crippen molar-refractivity contribution in [3.8, 4) is 0 Å². The SMILES string of the molecule is C=C(C)C(=O)OC(=O)CCC(=O)O. The fourth-order valence-corrected chi connectivity index (χ4v) is 0.451. The van der Waals surface area contributed by atoms with Gasteiger partial charge in [-0.1, -0.05) is 6.58 Å². The third kappa shape index (κ3) is 5.60. The maximum atomic E-state index is 10.7. The van der Waals surface area contributed by atoms with Gasteiger partial charge >= 0.3 is 17.9 Å². The van der Waals surface area contributed by atoms with Crippen molar-refractivity contribution in [1.29, 1.82) is 0 Å². The van der Waals surface area contributed by atoms with E-state index in [1.807, 2.05) is 0 Å². The molecule has 13 heavy (non-hydrogen) atoms. The lowest BCUT2D eigenvalue weighted by Gasteiger charge is -1.99. The molecule has 5 heteroatoms. The second-order valence-electron chi connectivity index (χ2n) is 2.44. The minimum Gasteiger partial charge on any atom is -0.481 e. The lowest BCUT2D eigenvalue weighted by molar-refractivity contribution is -0.158. The number of carbonyl (C=O) groups excluding carboxylic acids is 2. The van der Waals surface area contributed by atoms with Crippen LogP contribution >= 0.6 is 0 Å². The zero-order valence-corrected chi connectivity index (χ0v) is 7.20. The molecule has 0 amide bonds. The van der Waals surface area contributed by atoms with Gasteiger partial charge in [0.15, 0.2) is 0 Å². The minimum absolute atomic E-state index is 0.101. The van der Waals surface area contributed by atoms with E-state index in [1.165, 1.54) is 6.92 Å². The van der Waals surface area contributed by atoms with Gasteiger partial charge in [0, 0.05) is 5.57 Å². The standard InChI is InChI=1S/C8H10O5/c1-5(2)8(12)13-7(11)4-3-6(9)10/h1,3-4H2,2H3,(H,9,10). The Hall–Kier alpha value is -1.65. The Labute approximate surface area is 75.0 Å². The van der Waals surface area contributed by atoms with Crippen molar-refractivity contribution in [1.82, 2.24) is 0 Å². The first kappa shape index (κ1) is 11.4. The van der Waals surface area contributed by atoms with Gasteiger partial charge in [0.05, 0.1) is 12.8 Å². The van der Waals surface area contributed by atoms with Crippen LogP contribution in [0.15, 0.2) is 12.2 Å². The summed E-state index contributed by atoms with van der Waals surface area (Å²) >= 11 is 0. The molecule has 0 rings (SSSR count). The van der Waals surface area contributed by atoms with E-state index >= 15 is 0 Å². The summed E-state index contributed by atoms with van der Waals surface area (Å²) in [6.07, 6.45) is -0.656. The molecule has 72 valence electrons. The van der Waals surface area contributed by atoms with Gasteiger partial charge in [0.2, 0.25) is 0 Å². The molecule has 5 nitrogen and oxygen atoms in total. The fraction of sp³-hybridized carbons (Fsp3) is 0.375. The number of carboxylic acids is 1. The van der Waals surface area contributed by atoms with Gasteiger partial charge in [-0.3, -0.25) is 9.59 Å². The normalized spacial score (nSPS) is 9.00. The molecule has 0 aromatic heterocycles. The quantitative estimate of drug-likeness (QED) is 0.392. The second-order valence-corrected chi connectivity index (χ2v) is 2.44. The van der Waals surface area contributed by atoms with E-state index in [2.05, 4.69) is 11.3 Å². The van der Waals surface area contributed by atoms with Crippen molar-refractivity contribution in [3.05, 3.63) is 12.2 Å². The molecule has 0 aromatic carbocycles. The average molecular weight is 186 g/mol. The third-order valence-electron chi connectivity index (χ3n) is 1.10. The molecule has 0 radical (unpaired) electrons. The number of ether oxygens (including phenoxy) is 1. The molecule has 0 atom stereocenters. The smallest absolute Gasteiger partial charge is 0.340 e. The minimum atomic E-state index is -1.11.